The summed E-state index contributed by atoms with van der Waals surface area (Å²) in [5, 5.41) is 2.89. The molecule has 2 rings (SSSR count). The maximum atomic E-state index is 12.2. The van der Waals surface area contributed by atoms with Crippen LogP contribution in [0.2, 0.25) is 0 Å². The van der Waals surface area contributed by atoms with Crippen molar-refractivity contribution in [2.75, 3.05) is 5.32 Å². The lowest BCUT2D eigenvalue weighted by Crippen LogP contribution is -2.12. The molecule has 0 aromatic heterocycles. The Morgan fingerprint density at radius 3 is 2.19 bits per heavy atom. The lowest BCUT2D eigenvalue weighted by atomic mass is 10.1. The molecule has 1 N–H and O–H groups in total. The number of amides is 1. The maximum absolute atomic E-state index is 12.2. The van der Waals surface area contributed by atoms with Crippen LogP contribution >= 0.6 is 0 Å². The van der Waals surface area contributed by atoms with Crippen LogP contribution in [0, 0.1) is 0 Å². The summed E-state index contributed by atoms with van der Waals surface area (Å²) in [7, 11) is 0. The second-order valence-electron chi connectivity index (χ2n) is 5.20. The molecule has 0 heterocycles. The largest absolute Gasteiger partial charge is 0.491 e. The van der Waals surface area contributed by atoms with Crippen LogP contribution in [0.3, 0.4) is 0 Å². The Balaban J connectivity index is 2.02. The molecule has 0 fully saturated rings. The first kappa shape index (κ1) is 15.1. The first-order chi connectivity index (χ1) is 10.1. The van der Waals surface area contributed by atoms with Gasteiger partial charge in [0.2, 0.25) is 0 Å². The van der Waals surface area contributed by atoms with Gasteiger partial charge in [-0.15, -0.1) is 0 Å². The first-order valence-electron chi connectivity index (χ1n) is 7.25. The highest BCUT2D eigenvalue weighted by molar-refractivity contribution is 6.04. The van der Waals surface area contributed by atoms with Gasteiger partial charge in [-0.1, -0.05) is 19.1 Å². The predicted octanol–water partition coefficient (Wildman–Crippen LogP) is 4.29. The number of nitrogens with one attached hydrogen (secondary N) is 1. The SMILES string of the molecule is CCc1ccc(NC(=O)c2ccc(OC(C)C)cc2)cc1. The third kappa shape index (κ3) is 4.35. The molecule has 110 valence electrons. The van der Waals surface area contributed by atoms with E-state index in [1.165, 1.54) is 5.56 Å². The monoisotopic (exact) mass is 283 g/mol. The molecule has 0 radical (unpaired) electrons. The van der Waals surface area contributed by atoms with Gasteiger partial charge in [0.1, 0.15) is 5.75 Å². The van der Waals surface area contributed by atoms with Crippen LogP contribution in [-0.2, 0) is 6.42 Å². The molecule has 3 heteroatoms. The van der Waals surface area contributed by atoms with Crippen molar-refractivity contribution < 1.29 is 9.53 Å². The van der Waals surface area contributed by atoms with E-state index in [0.717, 1.165) is 17.9 Å². The smallest absolute Gasteiger partial charge is 0.255 e. The number of carbonyl (C=O) groups is 1. The molecule has 0 aliphatic carbocycles. The van der Waals surface area contributed by atoms with E-state index < -0.39 is 0 Å². The van der Waals surface area contributed by atoms with Crippen molar-refractivity contribution in [2.24, 2.45) is 0 Å². The van der Waals surface area contributed by atoms with Crippen molar-refractivity contribution >= 4 is 11.6 Å². The van der Waals surface area contributed by atoms with E-state index >= 15 is 0 Å². The Labute approximate surface area is 126 Å². The third-order valence-electron chi connectivity index (χ3n) is 3.11. The van der Waals surface area contributed by atoms with Gasteiger partial charge in [0, 0.05) is 11.3 Å². The summed E-state index contributed by atoms with van der Waals surface area (Å²) < 4.78 is 5.56. The van der Waals surface area contributed by atoms with Gasteiger partial charge in [-0.3, -0.25) is 4.79 Å². The lowest BCUT2D eigenvalue weighted by molar-refractivity contribution is 0.102. The second-order valence-corrected chi connectivity index (χ2v) is 5.20. The molecular formula is C18H21NO2. The highest BCUT2D eigenvalue weighted by Gasteiger charge is 2.06. The molecule has 0 saturated heterocycles. The third-order valence-corrected chi connectivity index (χ3v) is 3.11. The number of anilines is 1. The molecule has 0 spiro atoms. The highest BCUT2D eigenvalue weighted by atomic mass is 16.5. The predicted molar refractivity (Wildman–Crippen MR) is 86.0 cm³/mol. The lowest BCUT2D eigenvalue weighted by Gasteiger charge is -2.10. The summed E-state index contributed by atoms with van der Waals surface area (Å²) in [6.07, 6.45) is 1.12. The van der Waals surface area contributed by atoms with Crippen molar-refractivity contribution in [3.63, 3.8) is 0 Å². The van der Waals surface area contributed by atoms with E-state index in [0.29, 0.717) is 5.56 Å². The zero-order valence-electron chi connectivity index (χ0n) is 12.7. The van der Waals surface area contributed by atoms with E-state index in [1.807, 2.05) is 50.2 Å². The van der Waals surface area contributed by atoms with Gasteiger partial charge in [-0.25, -0.2) is 0 Å². The van der Waals surface area contributed by atoms with E-state index in [1.54, 1.807) is 12.1 Å². The van der Waals surface area contributed by atoms with E-state index in [4.69, 9.17) is 4.74 Å². The Morgan fingerprint density at radius 2 is 1.67 bits per heavy atom. The summed E-state index contributed by atoms with van der Waals surface area (Å²) in [6.45, 7) is 6.05. The van der Waals surface area contributed by atoms with Gasteiger partial charge in [-0.05, 0) is 62.2 Å². The van der Waals surface area contributed by atoms with E-state index in [2.05, 4.69) is 12.2 Å². The van der Waals surface area contributed by atoms with E-state index in [-0.39, 0.29) is 12.0 Å². The Hall–Kier alpha value is -2.29. The van der Waals surface area contributed by atoms with Crippen LogP contribution in [0.1, 0.15) is 36.7 Å². The Bertz CT molecular complexity index is 586. The van der Waals surface area contributed by atoms with Crippen LogP contribution in [0.5, 0.6) is 5.75 Å². The van der Waals surface area contributed by atoms with Crippen molar-refractivity contribution in [2.45, 2.75) is 33.3 Å². The molecule has 0 unspecified atom stereocenters. The fourth-order valence-corrected chi connectivity index (χ4v) is 1.98. The van der Waals surface area contributed by atoms with Gasteiger partial charge >= 0.3 is 0 Å². The first-order valence-corrected chi connectivity index (χ1v) is 7.25. The molecule has 0 aliphatic rings. The standard InChI is InChI=1S/C18H21NO2/c1-4-14-5-9-16(10-6-14)19-18(20)15-7-11-17(12-8-15)21-13(2)3/h5-13H,4H2,1-3H3,(H,19,20). The number of rotatable bonds is 5. The Morgan fingerprint density at radius 1 is 1.05 bits per heavy atom. The van der Waals surface area contributed by atoms with Gasteiger partial charge < -0.3 is 10.1 Å². The number of aryl methyl sites for hydroxylation is 1. The molecule has 0 bridgehead atoms. The van der Waals surface area contributed by atoms with Crippen molar-refractivity contribution in [1.29, 1.82) is 0 Å². The maximum Gasteiger partial charge on any atom is 0.255 e. The molecule has 2 aromatic rings. The Kier molecular flexibility index (Phi) is 4.99. The molecule has 0 atom stereocenters. The van der Waals surface area contributed by atoms with Gasteiger partial charge in [0.05, 0.1) is 6.10 Å². The van der Waals surface area contributed by atoms with E-state index in [9.17, 15) is 4.79 Å². The zero-order chi connectivity index (χ0) is 15.2. The molecule has 21 heavy (non-hydrogen) atoms. The van der Waals surface area contributed by atoms with Crippen molar-refractivity contribution in [1.82, 2.24) is 0 Å². The normalized spacial score (nSPS) is 10.5. The van der Waals surface area contributed by atoms with Gasteiger partial charge in [0.15, 0.2) is 0 Å². The van der Waals surface area contributed by atoms with Gasteiger partial charge in [-0.2, -0.15) is 0 Å². The minimum absolute atomic E-state index is 0.115. The topological polar surface area (TPSA) is 38.3 Å². The average molecular weight is 283 g/mol. The van der Waals surface area contributed by atoms with Crippen LogP contribution in [0.15, 0.2) is 48.5 Å². The molecule has 3 nitrogen and oxygen atoms in total. The van der Waals surface area contributed by atoms with Gasteiger partial charge in [0.25, 0.3) is 5.91 Å². The fourth-order valence-electron chi connectivity index (χ4n) is 1.98. The van der Waals surface area contributed by atoms with Crippen LogP contribution in [-0.4, -0.2) is 12.0 Å². The molecule has 2 aromatic carbocycles. The molecule has 0 saturated carbocycles. The van der Waals surface area contributed by atoms with Crippen molar-refractivity contribution in [3.05, 3.63) is 59.7 Å². The number of ether oxygens (including phenoxy) is 1. The summed E-state index contributed by atoms with van der Waals surface area (Å²) in [5.41, 5.74) is 2.67. The second kappa shape index (κ2) is 6.93. The number of benzene rings is 2. The highest BCUT2D eigenvalue weighted by Crippen LogP contribution is 2.16. The number of carbonyl (C=O) groups excluding carboxylic acids is 1. The van der Waals surface area contributed by atoms with Crippen molar-refractivity contribution in [3.8, 4) is 5.75 Å². The minimum atomic E-state index is -0.115. The molecule has 0 aliphatic heterocycles. The fraction of sp³-hybridized carbons (Fsp3) is 0.278. The van der Waals surface area contributed by atoms with Crippen LogP contribution < -0.4 is 10.1 Å². The number of hydrogen-bond acceptors (Lipinski definition) is 2. The summed E-state index contributed by atoms with van der Waals surface area (Å²) in [6, 6.07) is 15.1. The summed E-state index contributed by atoms with van der Waals surface area (Å²) >= 11 is 0. The summed E-state index contributed by atoms with van der Waals surface area (Å²) in [5.74, 6) is 0.657. The summed E-state index contributed by atoms with van der Waals surface area (Å²) in [4.78, 5) is 12.2. The molecule has 1 amide bonds. The molecular weight excluding hydrogens is 262 g/mol. The average Bonchev–Trinajstić information content (AvgIpc) is 2.48. The minimum Gasteiger partial charge on any atom is -0.491 e. The zero-order valence-corrected chi connectivity index (χ0v) is 12.7. The van der Waals surface area contributed by atoms with Crippen LogP contribution in [0.25, 0.3) is 0 Å². The number of hydrogen-bond donors (Lipinski definition) is 1. The quantitative estimate of drug-likeness (QED) is 0.889. The van der Waals surface area contributed by atoms with Crippen LogP contribution in [0.4, 0.5) is 5.69 Å².